The van der Waals surface area contributed by atoms with Crippen LogP contribution in [0.5, 0.6) is 0 Å². The van der Waals surface area contributed by atoms with Crippen LogP contribution in [0.2, 0.25) is 0 Å². The average Bonchev–Trinajstić information content (AvgIpc) is 2.46. The number of benzene rings is 1. The average molecular weight is 301 g/mol. The van der Waals surface area contributed by atoms with Gasteiger partial charge in [-0.2, -0.15) is 5.26 Å². The van der Waals surface area contributed by atoms with E-state index in [1.165, 1.54) is 6.20 Å². The maximum absolute atomic E-state index is 11.7. The fraction of sp³-hybridized carbons (Fsp3) is 0.312. The maximum Gasteiger partial charge on any atom is 0.322 e. The molecule has 0 atom stereocenters. The van der Waals surface area contributed by atoms with Gasteiger partial charge >= 0.3 is 5.97 Å². The van der Waals surface area contributed by atoms with E-state index in [1.54, 1.807) is 6.07 Å². The standard InChI is InChI=1S/C16H19N3O3/c1-10(2)13-6-4-5-11(3)15(13)18-8-12(7-17)16(22)19-9-14(20)21/h4-6,8,10,18H,9H2,1-3H3,(H,19,22)(H,20,21)/b12-8-. The number of aryl methyl sites for hydroxylation is 1. The van der Waals surface area contributed by atoms with Crippen molar-refractivity contribution in [2.45, 2.75) is 26.7 Å². The molecule has 0 aliphatic carbocycles. The Hall–Kier alpha value is -2.81. The van der Waals surface area contributed by atoms with Crippen LogP contribution in [0.1, 0.15) is 30.9 Å². The highest BCUT2D eigenvalue weighted by atomic mass is 16.4. The van der Waals surface area contributed by atoms with Crippen LogP contribution in [0.4, 0.5) is 5.69 Å². The zero-order valence-electron chi connectivity index (χ0n) is 12.8. The Kier molecular flexibility index (Phi) is 6.14. The highest BCUT2D eigenvalue weighted by molar-refractivity contribution is 5.98. The minimum atomic E-state index is -1.17. The second kappa shape index (κ2) is 7.84. The molecule has 0 unspecified atom stereocenters. The molecule has 0 aliphatic heterocycles. The largest absolute Gasteiger partial charge is 0.480 e. The minimum Gasteiger partial charge on any atom is -0.480 e. The number of nitrogens with zero attached hydrogens (tertiary/aromatic N) is 1. The number of carboxylic acid groups (broad SMARTS) is 1. The Morgan fingerprint density at radius 3 is 2.64 bits per heavy atom. The van der Waals surface area contributed by atoms with E-state index >= 15 is 0 Å². The molecule has 1 rings (SSSR count). The summed E-state index contributed by atoms with van der Waals surface area (Å²) in [5.74, 6) is -1.61. The number of aliphatic carboxylic acids is 1. The van der Waals surface area contributed by atoms with E-state index in [4.69, 9.17) is 10.4 Å². The number of anilines is 1. The predicted octanol–water partition coefficient (Wildman–Crippen LogP) is 2.14. The van der Waals surface area contributed by atoms with Crippen LogP contribution in [0, 0.1) is 18.3 Å². The summed E-state index contributed by atoms with van der Waals surface area (Å²) in [6, 6.07) is 7.61. The first-order valence-corrected chi connectivity index (χ1v) is 6.83. The summed E-state index contributed by atoms with van der Waals surface area (Å²) in [6.45, 7) is 5.50. The fourth-order valence-corrected chi connectivity index (χ4v) is 1.91. The molecule has 0 heterocycles. The Labute approximate surface area is 129 Å². The lowest BCUT2D eigenvalue weighted by atomic mass is 9.98. The molecule has 116 valence electrons. The van der Waals surface area contributed by atoms with Crippen LogP contribution in [-0.2, 0) is 9.59 Å². The van der Waals surface area contributed by atoms with E-state index in [2.05, 4.69) is 24.5 Å². The third kappa shape index (κ3) is 4.63. The van der Waals surface area contributed by atoms with Crippen LogP contribution >= 0.6 is 0 Å². The molecule has 1 aromatic rings. The zero-order chi connectivity index (χ0) is 16.7. The number of hydrogen-bond donors (Lipinski definition) is 3. The lowest BCUT2D eigenvalue weighted by Crippen LogP contribution is -2.30. The first-order chi connectivity index (χ1) is 10.4. The number of carbonyl (C=O) groups excluding carboxylic acids is 1. The molecule has 0 saturated carbocycles. The molecule has 1 aromatic carbocycles. The van der Waals surface area contributed by atoms with Gasteiger partial charge in [0.2, 0.25) is 0 Å². The summed E-state index contributed by atoms with van der Waals surface area (Å²) in [5, 5.41) is 22.7. The van der Waals surface area contributed by atoms with Crippen molar-refractivity contribution in [2.75, 3.05) is 11.9 Å². The van der Waals surface area contributed by atoms with E-state index < -0.39 is 18.4 Å². The first-order valence-electron chi connectivity index (χ1n) is 6.83. The van der Waals surface area contributed by atoms with Crippen LogP contribution in [0.15, 0.2) is 30.0 Å². The van der Waals surface area contributed by atoms with Gasteiger partial charge in [-0.25, -0.2) is 0 Å². The highest BCUT2D eigenvalue weighted by Gasteiger charge is 2.12. The monoisotopic (exact) mass is 301 g/mol. The van der Waals surface area contributed by atoms with E-state index in [1.807, 2.05) is 25.1 Å². The quantitative estimate of drug-likeness (QED) is 0.552. The van der Waals surface area contributed by atoms with Crippen LogP contribution in [0.25, 0.3) is 0 Å². The van der Waals surface area contributed by atoms with E-state index in [9.17, 15) is 9.59 Å². The maximum atomic E-state index is 11.7. The Bertz CT molecular complexity index is 643. The summed E-state index contributed by atoms with van der Waals surface area (Å²) in [4.78, 5) is 22.1. The SMILES string of the molecule is Cc1cccc(C(C)C)c1N/C=C(/C#N)C(=O)NCC(=O)O. The lowest BCUT2D eigenvalue weighted by molar-refractivity contribution is -0.137. The molecule has 1 amide bonds. The van der Waals surface area contributed by atoms with Crippen LogP contribution in [0.3, 0.4) is 0 Å². The van der Waals surface area contributed by atoms with Gasteiger partial charge < -0.3 is 15.7 Å². The van der Waals surface area contributed by atoms with Gasteiger partial charge in [0.25, 0.3) is 5.91 Å². The number of para-hydroxylation sites is 1. The van der Waals surface area contributed by atoms with Crippen molar-refractivity contribution in [3.05, 3.63) is 41.1 Å². The molecule has 0 saturated heterocycles. The first kappa shape index (κ1) is 17.2. The molecule has 0 fully saturated rings. The van der Waals surface area contributed by atoms with Gasteiger partial charge in [-0.05, 0) is 24.0 Å². The molecule has 3 N–H and O–H groups in total. The minimum absolute atomic E-state index is 0.181. The molecule has 0 aliphatic rings. The van der Waals surface area contributed by atoms with Gasteiger partial charge in [-0.1, -0.05) is 32.0 Å². The van der Waals surface area contributed by atoms with Crippen molar-refractivity contribution in [1.29, 1.82) is 5.26 Å². The number of hydrogen-bond acceptors (Lipinski definition) is 4. The Morgan fingerprint density at radius 2 is 2.09 bits per heavy atom. The van der Waals surface area contributed by atoms with E-state index in [0.717, 1.165) is 16.8 Å². The van der Waals surface area contributed by atoms with Gasteiger partial charge in [0.1, 0.15) is 18.2 Å². The summed E-state index contributed by atoms with van der Waals surface area (Å²) in [7, 11) is 0. The second-order valence-electron chi connectivity index (χ2n) is 5.08. The normalized spacial score (nSPS) is 11.0. The summed E-state index contributed by atoms with van der Waals surface area (Å²) in [5.41, 5.74) is 2.72. The molecular weight excluding hydrogens is 282 g/mol. The van der Waals surface area contributed by atoms with Crippen molar-refractivity contribution in [3.63, 3.8) is 0 Å². The van der Waals surface area contributed by atoms with Crippen LogP contribution < -0.4 is 10.6 Å². The lowest BCUT2D eigenvalue weighted by Gasteiger charge is -2.15. The molecule has 0 bridgehead atoms. The fourth-order valence-electron chi connectivity index (χ4n) is 1.91. The summed E-state index contributed by atoms with van der Waals surface area (Å²) >= 11 is 0. The number of carboxylic acids is 1. The molecule has 6 heteroatoms. The number of amides is 1. The number of nitriles is 1. The van der Waals surface area contributed by atoms with Crippen molar-refractivity contribution in [2.24, 2.45) is 0 Å². The molecule has 0 spiro atoms. The molecule has 0 aromatic heterocycles. The van der Waals surface area contributed by atoms with Gasteiger partial charge in [0.15, 0.2) is 0 Å². The molecule has 6 nitrogen and oxygen atoms in total. The third-order valence-electron chi connectivity index (χ3n) is 3.05. The summed E-state index contributed by atoms with van der Waals surface area (Å²) < 4.78 is 0. The van der Waals surface area contributed by atoms with Crippen molar-refractivity contribution < 1.29 is 14.7 Å². The van der Waals surface area contributed by atoms with E-state index in [0.29, 0.717) is 0 Å². The van der Waals surface area contributed by atoms with Crippen molar-refractivity contribution >= 4 is 17.6 Å². The molecule has 0 radical (unpaired) electrons. The van der Waals surface area contributed by atoms with Crippen molar-refractivity contribution in [1.82, 2.24) is 5.32 Å². The topological polar surface area (TPSA) is 102 Å². The third-order valence-corrected chi connectivity index (χ3v) is 3.05. The van der Waals surface area contributed by atoms with E-state index in [-0.39, 0.29) is 11.5 Å². The van der Waals surface area contributed by atoms with Gasteiger partial charge in [-0.3, -0.25) is 9.59 Å². The Balaban J connectivity index is 2.96. The number of rotatable bonds is 6. The number of nitrogens with one attached hydrogen (secondary N) is 2. The number of carbonyl (C=O) groups is 2. The van der Waals surface area contributed by atoms with Gasteiger partial charge in [0, 0.05) is 11.9 Å². The highest BCUT2D eigenvalue weighted by Crippen LogP contribution is 2.27. The smallest absolute Gasteiger partial charge is 0.322 e. The van der Waals surface area contributed by atoms with Gasteiger partial charge in [0.05, 0.1) is 0 Å². The second-order valence-corrected chi connectivity index (χ2v) is 5.08. The molecule has 22 heavy (non-hydrogen) atoms. The molecular formula is C16H19N3O3. The summed E-state index contributed by atoms with van der Waals surface area (Å²) in [6.07, 6.45) is 1.30. The van der Waals surface area contributed by atoms with Crippen LogP contribution in [-0.4, -0.2) is 23.5 Å². The van der Waals surface area contributed by atoms with Gasteiger partial charge in [-0.15, -0.1) is 0 Å². The zero-order valence-corrected chi connectivity index (χ0v) is 12.8. The van der Waals surface area contributed by atoms with Crippen molar-refractivity contribution in [3.8, 4) is 6.07 Å². The Morgan fingerprint density at radius 1 is 1.41 bits per heavy atom. The predicted molar refractivity (Wildman–Crippen MR) is 83.2 cm³/mol.